The van der Waals surface area contributed by atoms with Gasteiger partial charge in [-0.25, -0.2) is 9.38 Å². The number of aryl methyl sites for hydroxylation is 1. The fourth-order valence-corrected chi connectivity index (χ4v) is 3.03. The van der Waals surface area contributed by atoms with Crippen LogP contribution in [0.1, 0.15) is 31.5 Å². The predicted octanol–water partition coefficient (Wildman–Crippen LogP) is 4.56. The molecule has 1 aromatic rings. The topological polar surface area (TPSA) is 33.4 Å². The number of nitrogens with zero attached hydrogens (tertiary/aromatic N) is 4. The van der Waals surface area contributed by atoms with Crippen molar-refractivity contribution in [1.29, 1.82) is 0 Å². The number of aromatic nitrogens is 2. The Morgan fingerprint density at radius 1 is 1.48 bits per heavy atom. The van der Waals surface area contributed by atoms with Crippen LogP contribution in [0.15, 0.2) is 59.9 Å². The van der Waals surface area contributed by atoms with Gasteiger partial charge in [0.2, 0.25) is 0 Å². The minimum atomic E-state index is -0.127. The van der Waals surface area contributed by atoms with Crippen molar-refractivity contribution in [1.82, 2.24) is 14.7 Å². The highest BCUT2D eigenvalue weighted by molar-refractivity contribution is 5.88. The van der Waals surface area contributed by atoms with E-state index in [1.807, 2.05) is 61.1 Å². The van der Waals surface area contributed by atoms with Gasteiger partial charge >= 0.3 is 0 Å². The quantitative estimate of drug-likeness (QED) is 0.806. The molecule has 130 valence electrons. The first-order valence-electron chi connectivity index (χ1n) is 8.51. The maximum absolute atomic E-state index is 14.8. The fourth-order valence-electron chi connectivity index (χ4n) is 3.03. The van der Waals surface area contributed by atoms with Crippen LogP contribution in [-0.2, 0) is 6.54 Å². The minimum absolute atomic E-state index is 0.112. The fraction of sp³-hybridized carbons (Fsp3) is 0.300. The molecule has 1 aliphatic carbocycles. The zero-order valence-corrected chi connectivity index (χ0v) is 14.9. The Morgan fingerprint density at radius 2 is 2.28 bits per heavy atom. The second-order valence-corrected chi connectivity index (χ2v) is 6.22. The SMILES string of the molecule is C=C/C(=C1/N=CC=CN1C)c1cn(CC)nc1C1=C(F)C(C)CC=C1. The van der Waals surface area contributed by atoms with E-state index < -0.39 is 0 Å². The molecule has 4 nitrogen and oxygen atoms in total. The average molecular weight is 338 g/mol. The van der Waals surface area contributed by atoms with Crippen LogP contribution >= 0.6 is 0 Å². The molecule has 0 spiro atoms. The number of rotatable bonds is 4. The zero-order chi connectivity index (χ0) is 18.0. The standard InChI is InChI=1S/C20H23FN4/c1-5-15(20-22-11-8-12-24(20)4)17-13-25(6-2)23-19(17)16-10-7-9-14(3)18(16)21/h5,7-8,10-14H,1,6,9H2,2-4H3/b20-15+. The third kappa shape index (κ3) is 3.14. The Hall–Kier alpha value is -2.69. The van der Waals surface area contributed by atoms with E-state index in [-0.39, 0.29) is 11.7 Å². The van der Waals surface area contributed by atoms with Crippen molar-refractivity contribution in [3.8, 4) is 0 Å². The van der Waals surface area contributed by atoms with E-state index in [9.17, 15) is 4.39 Å². The van der Waals surface area contributed by atoms with Gasteiger partial charge in [0.1, 0.15) is 17.3 Å². The van der Waals surface area contributed by atoms with Gasteiger partial charge in [0.25, 0.3) is 0 Å². The Bertz CT molecular complexity index is 836. The molecule has 1 aliphatic heterocycles. The first-order valence-corrected chi connectivity index (χ1v) is 8.51. The Labute approximate surface area is 148 Å². The molecule has 25 heavy (non-hydrogen) atoms. The van der Waals surface area contributed by atoms with Crippen molar-refractivity contribution in [2.45, 2.75) is 26.8 Å². The van der Waals surface area contributed by atoms with Crippen LogP contribution in [0.4, 0.5) is 4.39 Å². The molecule has 3 rings (SSSR count). The first-order chi connectivity index (χ1) is 12.1. The summed E-state index contributed by atoms with van der Waals surface area (Å²) in [5.41, 5.74) is 2.88. The molecule has 0 fully saturated rings. The molecule has 0 saturated heterocycles. The maximum atomic E-state index is 14.8. The van der Waals surface area contributed by atoms with Crippen LogP contribution in [0.5, 0.6) is 0 Å². The number of hydrogen-bond donors (Lipinski definition) is 0. The van der Waals surface area contributed by atoms with Gasteiger partial charge in [0.15, 0.2) is 0 Å². The van der Waals surface area contributed by atoms with Gasteiger partial charge in [-0.05, 0) is 19.4 Å². The molecular formula is C20H23FN4. The van der Waals surface area contributed by atoms with Gasteiger partial charge < -0.3 is 4.90 Å². The lowest BCUT2D eigenvalue weighted by Gasteiger charge is -2.20. The van der Waals surface area contributed by atoms with Crippen molar-refractivity contribution in [2.75, 3.05) is 7.05 Å². The Balaban J connectivity index is 2.22. The number of allylic oxidation sites excluding steroid dienone is 7. The van der Waals surface area contributed by atoms with Crippen LogP contribution in [0.3, 0.4) is 0 Å². The van der Waals surface area contributed by atoms with Gasteiger partial charge in [-0.2, -0.15) is 5.10 Å². The molecule has 0 radical (unpaired) electrons. The first kappa shape index (κ1) is 17.1. The van der Waals surface area contributed by atoms with E-state index in [0.717, 1.165) is 17.0 Å². The van der Waals surface area contributed by atoms with Gasteiger partial charge in [0.05, 0.1) is 0 Å². The molecule has 0 saturated carbocycles. The molecule has 0 bridgehead atoms. The predicted molar refractivity (Wildman–Crippen MR) is 101 cm³/mol. The lowest BCUT2D eigenvalue weighted by atomic mass is 9.92. The molecule has 0 amide bonds. The summed E-state index contributed by atoms with van der Waals surface area (Å²) in [6.45, 7) is 8.57. The van der Waals surface area contributed by atoms with Crippen molar-refractivity contribution >= 4 is 17.4 Å². The van der Waals surface area contributed by atoms with Crippen LogP contribution < -0.4 is 0 Å². The van der Waals surface area contributed by atoms with Crippen LogP contribution in [0, 0.1) is 5.92 Å². The number of aliphatic imine (C=N–C) groups is 1. The summed E-state index contributed by atoms with van der Waals surface area (Å²) in [7, 11) is 1.93. The summed E-state index contributed by atoms with van der Waals surface area (Å²) in [4.78, 5) is 6.40. The van der Waals surface area contributed by atoms with Crippen molar-refractivity contribution < 1.29 is 4.39 Å². The third-order valence-electron chi connectivity index (χ3n) is 4.47. The summed E-state index contributed by atoms with van der Waals surface area (Å²) in [5.74, 6) is 0.528. The average Bonchev–Trinajstić information content (AvgIpc) is 3.03. The zero-order valence-electron chi connectivity index (χ0n) is 14.9. The van der Waals surface area contributed by atoms with Gasteiger partial charge in [-0.3, -0.25) is 4.68 Å². The molecule has 2 aliphatic rings. The Kier molecular flexibility index (Phi) is 4.83. The summed E-state index contributed by atoms with van der Waals surface area (Å²) >= 11 is 0. The molecule has 5 heteroatoms. The molecule has 2 heterocycles. The number of hydrogen-bond acceptors (Lipinski definition) is 3. The second kappa shape index (κ2) is 7.05. The van der Waals surface area contributed by atoms with E-state index in [1.165, 1.54) is 0 Å². The summed E-state index contributed by atoms with van der Waals surface area (Å²) < 4.78 is 16.6. The van der Waals surface area contributed by atoms with E-state index >= 15 is 0 Å². The van der Waals surface area contributed by atoms with Gasteiger partial charge in [0, 0.05) is 54.8 Å². The van der Waals surface area contributed by atoms with Crippen LogP contribution in [0.2, 0.25) is 0 Å². The third-order valence-corrected chi connectivity index (χ3v) is 4.47. The lowest BCUT2D eigenvalue weighted by molar-refractivity contribution is 0.495. The highest BCUT2D eigenvalue weighted by Crippen LogP contribution is 2.36. The van der Waals surface area contributed by atoms with E-state index in [1.54, 1.807) is 12.3 Å². The van der Waals surface area contributed by atoms with E-state index in [4.69, 9.17) is 0 Å². The van der Waals surface area contributed by atoms with Gasteiger partial charge in [-0.1, -0.05) is 31.7 Å². The van der Waals surface area contributed by atoms with Crippen molar-refractivity contribution in [2.24, 2.45) is 10.9 Å². The molecule has 0 N–H and O–H groups in total. The monoisotopic (exact) mass is 338 g/mol. The highest BCUT2D eigenvalue weighted by Gasteiger charge is 2.24. The summed E-state index contributed by atoms with van der Waals surface area (Å²) in [6, 6.07) is 0. The van der Waals surface area contributed by atoms with E-state index in [2.05, 4.69) is 16.7 Å². The van der Waals surface area contributed by atoms with Crippen molar-refractivity contribution in [3.05, 3.63) is 66.2 Å². The number of halogens is 1. The van der Waals surface area contributed by atoms with Crippen LogP contribution in [0.25, 0.3) is 11.1 Å². The molecule has 1 unspecified atom stereocenters. The minimum Gasteiger partial charge on any atom is -0.336 e. The molecule has 0 aromatic carbocycles. The molecule has 1 atom stereocenters. The summed E-state index contributed by atoms with van der Waals surface area (Å²) in [5, 5.41) is 4.62. The maximum Gasteiger partial charge on any atom is 0.140 e. The molecular weight excluding hydrogens is 315 g/mol. The Morgan fingerprint density at radius 3 is 2.96 bits per heavy atom. The normalized spacial score (nSPS) is 21.9. The van der Waals surface area contributed by atoms with Gasteiger partial charge in [-0.15, -0.1) is 0 Å². The van der Waals surface area contributed by atoms with Crippen LogP contribution in [-0.4, -0.2) is 27.9 Å². The molecule has 1 aromatic heterocycles. The summed E-state index contributed by atoms with van der Waals surface area (Å²) in [6.07, 6.45) is 13.8. The lowest BCUT2D eigenvalue weighted by Crippen LogP contribution is -2.13. The van der Waals surface area contributed by atoms with E-state index in [0.29, 0.717) is 24.2 Å². The largest absolute Gasteiger partial charge is 0.336 e. The second-order valence-electron chi connectivity index (χ2n) is 6.22. The van der Waals surface area contributed by atoms with Crippen molar-refractivity contribution in [3.63, 3.8) is 0 Å². The smallest absolute Gasteiger partial charge is 0.140 e. The highest BCUT2D eigenvalue weighted by atomic mass is 19.1.